The second-order valence-electron chi connectivity index (χ2n) is 24.2. The predicted octanol–water partition coefficient (Wildman–Crippen LogP) is 23.9. The van der Waals surface area contributed by atoms with Gasteiger partial charge in [0.2, 0.25) is 0 Å². The second kappa shape index (κ2) is 20.6. The Balaban J connectivity index is 0.773. The van der Waals surface area contributed by atoms with Gasteiger partial charge in [0.25, 0.3) is 0 Å². The number of rotatable bonds is 8. The molecule has 3 heterocycles. The van der Waals surface area contributed by atoms with Crippen molar-refractivity contribution in [3.05, 3.63) is 328 Å². The largest absolute Gasteiger partial charge is 0.0617 e. The van der Waals surface area contributed by atoms with Crippen LogP contribution in [0.2, 0.25) is 0 Å². The molecule has 0 fully saturated rings. The first-order valence-corrected chi connectivity index (χ1v) is 33.1. The Hall–Kier alpha value is -11.3. The summed E-state index contributed by atoms with van der Waals surface area (Å²) in [5.74, 6) is 0. The number of fused-ring (bicyclic) bond motifs is 13. The zero-order valence-electron chi connectivity index (χ0n) is 49.5. The van der Waals surface area contributed by atoms with Gasteiger partial charge in [-0.2, -0.15) is 0 Å². The van der Waals surface area contributed by atoms with Crippen LogP contribution in [0.15, 0.2) is 328 Å². The van der Waals surface area contributed by atoms with Crippen LogP contribution in [0.5, 0.6) is 0 Å². The number of hydrogen-bond acceptors (Lipinski definition) is 0. The third-order valence-electron chi connectivity index (χ3n) is 19.3. The Morgan fingerprint density at radius 1 is 0.165 bits per heavy atom. The fourth-order valence-corrected chi connectivity index (χ4v) is 17.5. The summed E-state index contributed by atoms with van der Waals surface area (Å²) in [7, 11) is 0. The average molecular weight is 1220 g/mol. The van der Waals surface area contributed by atoms with E-state index in [1.54, 1.807) is 0 Å². The molecule has 0 bridgehead atoms. The topological polar surface area (TPSA) is 9.86 Å². The third kappa shape index (κ3) is 8.12. The smallest absolute Gasteiger partial charge is 0.0544 e. The van der Waals surface area contributed by atoms with Gasteiger partial charge in [-0.3, -0.25) is 0 Å². The summed E-state index contributed by atoms with van der Waals surface area (Å²) in [5, 5.41) is 17.5. The minimum absolute atomic E-state index is 0.107. The maximum Gasteiger partial charge on any atom is -0.0544 e. The quantitative estimate of drug-likeness (QED) is 0.106. The maximum atomic E-state index is 2.55. The monoisotopic (exact) mass is 1220 g/mol. The van der Waals surface area contributed by atoms with Crippen molar-refractivity contribution in [3.8, 4) is 78.1 Å². The molecule has 19 rings (SSSR count). The van der Waals surface area contributed by atoms with E-state index < -0.39 is 0 Å². The molecule has 3 heteroatoms. The molecule has 0 unspecified atom stereocenters. The maximum absolute atomic E-state index is 2.55. The van der Waals surface area contributed by atoms with Crippen molar-refractivity contribution in [1.29, 1.82) is 0 Å². The Morgan fingerprint density at radius 3 is 0.780 bits per heavy atom. The number of aromatic nitrogens is 2. The molecule has 3 aromatic heterocycles. The average Bonchev–Trinajstić information content (AvgIpc) is 1.76. The molecule has 2 nitrogen and oxygen atoms in total. The van der Waals surface area contributed by atoms with Crippen LogP contribution in [0.1, 0.15) is 0 Å². The molecule has 91 heavy (non-hydrogen) atoms. The molecule has 0 amide bonds. The van der Waals surface area contributed by atoms with Gasteiger partial charge in [0, 0.05) is 0 Å². The molecule has 16 aromatic carbocycles. The van der Waals surface area contributed by atoms with Crippen LogP contribution in [-0.4, -0.2) is 23.6 Å². The van der Waals surface area contributed by atoms with Crippen molar-refractivity contribution < 1.29 is 0 Å². The van der Waals surface area contributed by atoms with Gasteiger partial charge >= 0.3 is 381 Å². The van der Waals surface area contributed by atoms with Gasteiger partial charge in [-0.15, -0.1) is 0 Å². The first-order chi connectivity index (χ1) is 45.1. The summed E-state index contributed by atoms with van der Waals surface area (Å²) in [5.41, 5.74) is 21.9. The zero-order chi connectivity index (χ0) is 59.7. The first-order valence-electron chi connectivity index (χ1n) is 31.4. The molecule has 0 N–H and O–H groups in total. The van der Waals surface area contributed by atoms with E-state index in [2.05, 4.69) is 337 Å². The van der Waals surface area contributed by atoms with E-state index in [9.17, 15) is 0 Å². The fraction of sp³-hybridized carbons (Fsp3) is 0. The van der Waals surface area contributed by atoms with Gasteiger partial charge in [0.05, 0.1) is 0 Å². The van der Waals surface area contributed by atoms with E-state index in [1.165, 1.54) is 184 Å². The van der Waals surface area contributed by atoms with Crippen molar-refractivity contribution in [1.82, 2.24) is 9.13 Å². The van der Waals surface area contributed by atoms with E-state index in [1.807, 2.05) is 0 Å². The Labute approximate surface area is 531 Å². The van der Waals surface area contributed by atoms with Crippen molar-refractivity contribution in [2.75, 3.05) is 0 Å². The van der Waals surface area contributed by atoms with E-state index in [0.717, 1.165) is 0 Å². The van der Waals surface area contributed by atoms with Gasteiger partial charge in [-0.05, 0) is 33.4 Å². The van der Waals surface area contributed by atoms with E-state index >= 15 is 0 Å². The summed E-state index contributed by atoms with van der Waals surface area (Å²) >= 11 is 0.107. The zero-order valence-corrected chi connectivity index (χ0v) is 51.2. The predicted molar refractivity (Wildman–Crippen MR) is 390 cm³/mol. The van der Waals surface area contributed by atoms with E-state index in [0.29, 0.717) is 0 Å². The standard InChI is InChI=1S/C88H54N2Se/c1-5-21-55(22-6-1)59-38-44-79-74(49-59)75-50-60(56-23-7-2-8-24-56)39-45-80(75)89(79)87-70-33-17-13-29-66(70)85(67-30-14-18-34-71(67)87)63-42-48-83-78(53-63)65-43-37-64(54-84(65)91-83)86-68-31-15-19-35-72(68)88(73-36-20-16-32-69(73)86)90-81-46-40-61(57-25-9-3-10-26-57)51-76(81)77-52-62(41-47-82(77)90)58-27-11-4-12-28-58/h1-54H. The van der Waals surface area contributed by atoms with Crippen LogP contribution in [0.3, 0.4) is 0 Å². The molecule has 0 saturated carbocycles. The van der Waals surface area contributed by atoms with Crippen LogP contribution in [0.25, 0.3) is 184 Å². The van der Waals surface area contributed by atoms with E-state index in [-0.39, 0.29) is 14.5 Å². The van der Waals surface area contributed by atoms with E-state index in [4.69, 9.17) is 0 Å². The second-order valence-corrected chi connectivity index (χ2v) is 26.5. The molecule has 0 saturated heterocycles. The van der Waals surface area contributed by atoms with Gasteiger partial charge in [-0.25, -0.2) is 0 Å². The first kappa shape index (κ1) is 51.7. The number of benzene rings is 16. The SMILES string of the molecule is c1ccc(-c2ccc3c(c2)c2cc(-c4ccccc4)ccc2n3-c2c3ccccc3c(-c3ccc4c(c3)[se]c3ccc(-c5c6ccccc6c(-n6c7ccc(-c8ccccc8)cc7c7cc(-c8ccccc8)ccc76)c6ccccc56)cc34)c3ccccc23)cc1. The summed E-state index contributed by atoms with van der Waals surface area (Å²) in [6.07, 6.45) is 0. The fourth-order valence-electron chi connectivity index (χ4n) is 15.2. The van der Waals surface area contributed by atoms with Crippen molar-refractivity contribution >= 4 is 120 Å². The molecule has 0 aliphatic carbocycles. The Bertz CT molecular complexity index is 5860. The summed E-state index contributed by atoms with van der Waals surface area (Å²) in [6.45, 7) is 0. The molecule has 422 valence electrons. The molecule has 0 atom stereocenters. The Kier molecular flexibility index (Phi) is 11.7. The van der Waals surface area contributed by atoms with Crippen LogP contribution < -0.4 is 0 Å². The minimum atomic E-state index is 0.107. The van der Waals surface area contributed by atoms with Gasteiger partial charge in [0.1, 0.15) is 0 Å². The molecule has 19 aromatic rings. The molecular weight excluding hydrogens is 1160 g/mol. The van der Waals surface area contributed by atoms with Gasteiger partial charge in [-0.1, -0.05) is 121 Å². The number of nitrogens with zero attached hydrogens (tertiary/aromatic N) is 2. The molecular formula is C88H54N2Se. The minimum Gasteiger partial charge on any atom is -0.0617 e. The Morgan fingerprint density at radius 2 is 0.440 bits per heavy atom. The summed E-state index contributed by atoms with van der Waals surface area (Å²) < 4.78 is 7.94. The van der Waals surface area contributed by atoms with Crippen molar-refractivity contribution in [2.45, 2.75) is 0 Å². The summed E-state index contributed by atoms with van der Waals surface area (Å²) in [6, 6.07) is 122. The van der Waals surface area contributed by atoms with Crippen LogP contribution in [0, 0.1) is 0 Å². The third-order valence-corrected chi connectivity index (χ3v) is 21.6. The molecule has 0 spiro atoms. The molecule has 0 radical (unpaired) electrons. The van der Waals surface area contributed by atoms with Crippen LogP contribution in [0.4, 0.5) is 0 Å². The summed E-state index contributed by atoms with van der Waals surface area (Å²) in [4.78, 5) is 0. The molecule has 0 aliphatic rings. The van der Waals surface area contributed by atoms with Gasteiger partial charge in [0.15, 0.2) is 0 Å². The van der Waals surface area contributed by atoms with Crippen LogP contribution in [-0.2, 0) is 0 Å². The van der Waals surface area contributed by atoms with Gasteiger partial charge < -0.3 is 0 Å². The van der Waals surface area contributed by atoms with Crippen LogP contribution >= 0.6 is 0 Å². The normalized spacial score (nSPS) is 12.0. The molecule has 0 aliphatic heterocycles. The van der Waals surface area contributed by atoms with Crippen molar-refractivity contribution in [3.63, 3.8) is 0 Å². The van der Waals surface area contributed by atoms with Crippen molar-refractivity contribution in [2.24, 2.45) is 0 Å². The number of hydrogen-bond donors (Lipinski definition) is 0.